The lowest BCUT2D eigenvalue weighted by Crippen LogP contribution is -2.51. The van der Waals surface area contributed by atoms with Gasteiger partial charge in [0.15, 0.2) is 0 Å². The molecule has 0 bridgehead atoms. The summed E-state index contributed by atoms with van der Waals surface area (Å²) in [6, 6.07) is 12.3. The fourth-order valence-corrected chi connectivity index (χ4v) is 4.76. The van der Waals surface area contributed by atoms with Gasteiger partial charge in [-0.2, -0.15) is 5.10 Å². The summed E-state index contributed by atoms with van der Waals surface area (Å²) in [4.78, 5) is 42.2. The van der Waals surface area contributed by atoms with Crippen LogP contribution in [0.1, 0.15) is 62.5 Å². The Hall–Kier alpha value is -3.16. The summed E-state index contributed by atoms with van der Waals surface area (Å²) in [5.41, 5.74) is 0.375. The number of hydrogen-bond donors (Lipinski definition) is 0. The van der Waals surface area contributed by atoms with E-state index in [4.69, 9.17) is 4.74 Å². The van der Waals surface area contributed by atoms with Gasteiger partial charge in [-0.05, 0) is 58.1 Å². The lowest BCUT2D eigenvalue weighted by molar-refractivity contribution is 0.0146. The summed E-state index contributed by atoms with van der Waals surface area (Å²) >= 11 is 0. The lowest BCUT2D eigenvalue weighted by atomic mass is 10.0. The maximum Gasteiger partial charge on any atom is 0.410 e. The molecule has 0 radical (unpaired) electrons. The van der Waals surface area contributed by atoms with E-state index in [-0.39, 0.29) is 35.3 Å². The normalized spacial score (nSPS) is 20.8. The fraction of sp³-hybridized carbons (Fsp3) is 0.520. The molecular formula is C25H32N4O4. The van der Waals surface area contributed by atoms with Crippen molar-refractivity contribution in [3.8, 4) is 0 Å². The molecule has 1 aromatic carbocycles. The van der Waals surface area contributed by atoms with Crippen LogP contribution in [0.15, 0.2) is 47.3 Å². The van der Waals surface area contributed by atoms with Crippen molar-refractivity contribution in [2.45, 2.75) is 70.7 Å². The number of carbonyl (C=O) groups excluding carboxylic acids is 2. The highest BCUT2D eigenvalue weighted by Crippen LogP contribution is 2.32. The first-order chi connectivity index (χ1) is 15.7. The van der Waals surface area contributed by atoms with Gasteiger partial charge in [-0.3, -0.25) is 9.59 Å². The molecule has 1 aromatic heterocycles. The molecule has 0 spiro atoms. The Bertz CT molecular complexity index is 1060. The minimum atomic E-state index is -0.564. The molecule has 2 fully saturated rings. The molecular weight excluding hydrogens is 420 g/mol. The minimum absolute atomic E-state index is 0.0680. The molecule has 176 valence electrons. The lowest BCUT2D eigenvalue weighted by Gasteiger charge is -2.35. The number of rotatable bonds is 4. The summed E-state index contributed by atoms with van der Waals surface area (Å²) in [5, 5.41) is 4.38. The largest absolute Gasteiger partial charge is 0.444 e. The molecule has 2 amide bonds. The van der Waals surface area contributed by atoms with Crippen LogP contribution in [0.5, 0.6) is 0 Å². The third-order valence-electron chi connectivity index (χ3n) is 6.19. The summed E-state index contributed by atoms with van der Waals surface area (Å²) in [5.74, 6) is -0.199. The predicted molar refractivity (Wildman–Crippen MR) is 124 cm³/mol. The van der Waals surface area contributed by atoms with Crippen molar-refractivity contribution in [3.63, 3.8) is 0 Å². The van der Waals surface area contributed by atoms with Gasteiger partial charge in [0.1, 0.15) is 11.3 Å². The first-order valence-corrected chi connectivity index (χ1v) is 11.7. The first kappa shape index (κ1) is 23.0. The van der Waals surface area contributed by atoms with Gasteiger partial charge in [-0.15, -0.1) is 0 Å². The zero-order chi connectivity index (χ0) is 23.6. The molecule has 2 aliphatic heterocycles. The molecule has 2 atom stereocenters. The average molecular weight is 453 g/mol. The number of likely N-dealkylation sites (tertiary alicyclic amines) is 2. The Balaban J connectivity index is 1.53. The maximum atomic E-state index is 13.4. The van der Waals surface area contributed by atoms with Crippen LogP contribution in [0.25, 0.3) is 0 Å². The molecule has 33 heavy (non-hydrogen) atoms. The number of ether oxygens (including phenoxy) is 1. The smallest absolute Gasteiger partial charge is 0.410 e. The highest BCUT2D eigenvalue weighted by molar-refractivity contribution is 5.92. The van der Waals surface area contributed by atoms with Crippen molar-refractivity contribution >= 4 is 12.0 Å². The Morgan fingerprint density at radius 1 is 0.970 bits per heavy atom. The number of benzene rings is 1. The Labute approximate surface area is 194 Å². The topological polar surface area (TPSA) is 84.7 Å². The summed E-state index contributed by atoms with van der Waals surface area (Å²) in [6.45, 7) is 7.13. The SMILES string of the molecule is CC(C)(C)OC(=O)N1CCC[C@@H]1[C@H]1CCCN1C(=O)c1ccc(=O)n(Cc2ccccc2)n1. The standard InChI is InChI=1S/C25H32N4O4/c1-25(2,3)33-24(32)28-16-8-12-21(28)20-11-7-15-27(20)23(31)19-13-14-22(30)29(26-19)17-18-9-5-4-6-10-18/h4-6,9-10,13-14,20-21H,7-8,11-12,15-17H2,1-3H3/t20-,21-/m1/s1. The van der Waals surface area contributed by atoms with Gasteiger partial charge in [0.25, 0.3) is 11.5 Å². The molecule has 0 aliphatic carbocycles. The van der Waals surface area contributed by atoms with Gasteiger partial charge in [0.05, 0.1) is 18.6 Å². The Morgan fingerprint density at radius 2 is 1.61 bits per heavy atom. The summed E-state index contributed by atoms with van der Waals surface area (Å²) in [7, 11) is 0. The van der Waals surface area contributed by atoms with Crippen molar-refractivity contribution in [2.75, 3.05) is 13.1 Å². The molecule has 3 heterocycles. The van der Waals surface area contributed by atoms with Crippen molar-refractivity contribution in [2.24, 2.45) is 0 Å². The van der Waals surface area contributed by atoms with E-state index in [1.807, 2.05) is 56.0 Å². The van der Waals surface area contributed by atoms with Gasteiger partial charge < -0.3 is 14.5 Å². The fourth-order valence-electron chi connectivity index (χ4n) is 4.76. The number of nitrogens with zero attached hydrogens (tertiary/aromatic N) is 4. The molecule has 2 aliphatic rings. The van der Waals surface area contributed by atoms with E-state index in [0.717, 1.165) is 31.2 Å². The zero-order valence-electron chi connectivity index (χ0n) is 19.6. The van der Waals surface area contributed by atoms with E-state index in [2.05, 4.69) is 5.10 Å². The number of carbonyl (C=O) groups is 2. The predicted octanol–water partition coefficient (Wildman–Crippen LogP) is 3.30. The van der Waals surface area contributed by atoms with Crippen molar-refractivity contribution in [1.29, 1.82) is 0 Å². The highest BCUT2D eigenvalue weighted by atomic mass is 16.6. The van der Waals surface area contributed by atoms with E-state index in [9.17, 15) is 14.4 Å². The van der Waals surface area contributed by atoms with E-state index in [1.54, 1.807) is 4.90 Å². The Morgan fingerprint density at radius 3 is 2.27 bits per heavy atom. The first-order valence-electron chi connectivity index (χ1n) is 11.7. The van der Waals surface area contributed by atoms with Gasteiger partial charge in [-0.1, -0.05) is 30.3 Å². The average Bonchev–Trinajstić information content (AvgIpc) is 3.43. The van der Waals surface area contributed by atoms with E-state index >= 15 is 0 Å². The van der Waals surface area contributed by atoms with Gasteiger partial charge in [0.2, 0.25) is 0 Å². The third kappa shape index (κ3) is 5.26. The zero-order valence-corrected chi connectivity index (χ0v) is 19.6. The van der Waals surface area contributed by atoms with Crippen LogP contribution in [0, 0.1) is 0 Å². The van der Waals surface area contributed by atoms with Crippen LogP contribution in [0.4, 0.5) is 4.79 Å². The molecule has 8 heteroatoms. The number of amides is 2. The van der Waals surface area contributed by atoms with Gasteiger partial charge in [-0.25, -0.2) is 9.48 Å². The van der Waals surface area contributed by atoms with Crippen molar-refractivity contribution in [3.05, 3.63) is 64.1 Å². The molecule has 0 saturated carbocycles. The monoisotopic (exact) mass is 452 g/mol. The van der Waals surface area contributed by atoms with Crippen molar-refractivity contribution < 1.29 is 14.3 Å². The summed E-state index contributed by atoms with van der Waals surface area (Å²) < 4.78 is 6.94. The van der Waals surface area contributed by atoms with E-state index in [0.29, 0.717) is 19.6 Å². The number of hydrogen-bond acceptors (Lipinski definition) is 5. The second-order valence-electron chi connectivity index (χ2n) is 9.79. The Kier molecular flexibility index (Phi) is 6.54. The second kappa shape index (κ2) is 9.37. The minimum Gasteiger partial charge on any atom is -0.444 e. The van der Waals surface area contributed by atoms with Crippen molar-refractivity contribution in [1.82, 2.24) is 19.6 Å². The van der Waals surface area contributed by atoms with Gasteiger partial charge >= 0.3 is 6.09 Å². The van der Waals surface area contributed by atoms with E-state index < -0.39 is 5.60 Å². The molecule has 0 unspecified atom stereocenters. The van der Waals surface area contributed by atoms with Crippen LogP contribution in [-0.2, 0) is 11.3 Å². The summed E-state index contributed by atoms with van der Waals surface area (Å²) in [6.07, 6.45) is 3.12. The van der Waals surface area contributed by atoms with Crippen LogP contribution < -0.4 is 5.56 Å². The van der Waals surface area contributed by atoms with E-state index in [1.165, 1.54) is 16.8 Å². The highest BCUT2D eigenvalue weighted by Gasteiger charge is 2.43. The van der Waals surface area contributed by atoms with Crippen LogP contribution >= 0.6 is 0 Å². The number of aromatic nitrogens is 2. The van der Waals surface area contributed by atoms with Crippen LogP contribution in [-0.4, -0.2) is 62.4 Å². The van der Waals surface area contributed by atoms with Crippen LogP contribution in [0.2, 0.25) is 0 Å². The third-order valence-corrected chi connectivity index (χ3v) is 6.19. The van der Waals surface area contributed by atoms with Gasteiger partial charge in [0, 0.05) is 19.2 Å². The molecule has 2 aromatic rings. The molecule has 8 nitrogen and oxygen atoms in total. The molecule has 2 saturated heterocycles. The molecule has 0 N–H and O–H groups in total. The quantitative estimate of drug-likeness (QED) is 0.711. The van der Waals surface area contributed by atoms with Crippen LogP contribution in [0.3, 0.4) is 0 Å². The molecule has 4 rings (SSSR count). The maximum absolute atomic E-state index is 13.4. The second-order valence-corrected chi connectivity index (χ2v) is 9.79.